The standard InChI is InChI=1S/C16H24FN3O/c1-4-19-16(21)15-10-18-7-8-20(15)12(3)13-6-5-11(2)14(17)9-13/h5-6,9,12,15,18H,4,7-8,10H2,1-3H3,(H,19,21). The summed E-state index contributed by atoms with van der Waals surface area (Å²) in [7, 11) is 0. The van der Waals surface area contributed by atoms with Gasteiger partial charge < -0.3 is 10.6 Å². The van der Waals surface area contributed by atoms with Crippen LogP contribution in [0.4, 0.5) is 4.39 Å². The number of rotatable bonds is 4. The van der Waals surface area contributed by atoms with E-state index in [1.807, 2.05) is 19.9 Å². The molecule has 1 amide bonds. The molecule has 1 aliphatic heterocycles. The van der Waals surface area contributed by atoms with Gasteiger partial charge in [0, 0.05) is 32.2 Å². The van der Waals surface area contributed by atoms with E-state index in [1.165, 1.54) is 0 Å². The first-order valence-corrected chi connectivity index (χ1v) is 7.54. The average molecular weight is 293 g/mol. The molecule has 1 aromatic carbocycles. The van der Waals surface area contributed by atoms with E-state index in [-0.39, 0.29) is 23.8 Å². The molecule has 0 aliphatic carbocycles. The van der Waals surface area contributed by atoms with Gasteiger partial charge in [0.2, 0.25) is 5.91 Å². The molecule has 1 fully saturated rings. The second kappa shape index (κ2) is 7.00. The maximum absolute atomic E-state index is 13.8. The number of benzene rings is 1. The number of likely N-dealkylation sites (N-methyl/N-ethyl adjacent to an activating group) is 1. The summed E-state index contributed by atoms with van der Waals surface area (Å²) in [5.74, 6) is -0.159. The summed E-state index contributed by atoms with van der Waals surface area (Å²) in [5, 5.41) is 6.13. The van der Waals surface area contributed by atoms with Crippen LogP contribution >= 0.6 is 0 Å². The van der Waals surface area contributed by atoms with Gasteiger partial charge in [0.25, 0.3) is 0 Å². The van der Waals surface area contributed by atoms with Crippen molar-refractivity contribution >= 4 is 5.91 Å². The van der Waals surface area contributed by atoms with E-state index in [0.717, 1.165) is 18.7 Å². The number of nitrogens with zero attached hydrogens (tertiary/aromatic N) is 1. The van der Waals surface area contributed by atoms with Crippen LogP contribution in [0.25, 0.3) is 0 Å². The van der Waals surface area contributed by atoms with E-state index in [9.17, 15) is 9.18 Å². The van der Waals surface area contributed by atoms with Crippen LogP contribution in [0.2, 0.25) is 0 Å². The highest BCUT2D eigenvalue weighted by Gasteiger charge is 2.32. The zero-order valence-electron chi connectivity index (χ0n) is 12.9. The quantitative estimate of drug-likeness (QED) is 0.886. The lowest BCUT2D eigenvalue weighted by molar-refractivity contribution is -0.128. The van der Waals surface area contributed by atoms with Crippen molar-refractivity contribution in [2.45, 2.75) is 32.9 Å². The summed E-state index contributed by atoms with van der Waals surface area (Å²) in [6.07, 6.45) is 0. The molecule has 116 valence electrons. The Labute approximate surface area is 125 Å². The van der Waals surface area contributed by atoms with E-state index < -0.39 is 0 Å². The topological polar surface area (TPSA) is 44.4 Å². The molecule has 1 saturated heterocycles. The van der Waals surface area contributed by atoms with Crippen molar-refractivity contribution < 1.29 is 9.18 Å². The average Bonchev–Trinajstić information content (AvgIpc) is 2.49. The summed E-state index contributed by atoms with van der Waals surface area (Å²) < 4.78 is 13.8. The van der Waals surface area contributed by atoms with E-state index >= 15 is 0 Å². The molecule has 0 spiro atoms. The van der Waals surface area contributed by atoms with Gasteiger partial charge in [-0.1, -0.05) is 12.1 Å². The molecule has 1 aliphatic rings. The van der Waals surface area contributed by atoms with Crippen LogP contribution in [0.3, 0.4) is 0 Å². The number of hydrogen-bond donors (Lipinski definition) is 2. The molecule has 0 saturated carbocycles. The lowest BCUT2D eigenvalue weighted by Crippen LogP contribution is -2.58. The number of carbonyl (C=O) groups excluding carboxylic acids is 1. The van der Waals surface area contributed by atoms with Crippen molar-refractivity contribution in [1.29, 1.82) is 0 Å². The third kappa shape index (κ3) is 3.60. The molecule has 1 heterocycles. The fraction of sp³-hybridized carbons (Fsp3) is 0.562. The summed E-state index contributed by atoms with van der Waals surface area (Å²) in [6, 6.07) is 5.12. The number of piperazine rings is 1. The third-order valence-corrected chi connectivity index (χ3v) is 4.11. The van der Waals surface area contributed by atoms with Gasteiger partial charge in [0.15, 0.2) is 0 Å². The van der Waals surface area contributed by atoms with Gasteiger partial charge in [0.05, 0.1) is 0 Å². The molecule has 2 unspecified atom stereocenters. The van der Waals surface area contributed by atoms with Gasteiger partial charge in [-0.3, -0.25) is 9.69 Å². The minimum Gasteiger partial charge on any atom is -0.355 e. The van der Waals surface area contributed by atoms with Gasteiger partial charge in [-0.05, 0) is 38.0 Å². The smallest absolute Gasteiger partial charge is 0.238 e. The molecule has 0 aromatic heterocycles. The number of hydrogen-bond acceptors (Lipinski definition) is 3. The minimum atomic E-state index is -0.210. The Hall–Kier alpha value is -1.46. The first-order valence-electron chi connectivity index (χ1n) is 7.54. The van der Waals surface area contributed by atoms with E-state index in [1.54, 1.807) is 19.1 Å². The Kier molecular flexibility index (Phi) is 5.31. The van der Waals surface area contributed by atoms with Gasteiger partial charge in [0.1, 0.15) is 11.9 Å². The predicted octanol–water partition coefficient (Wildman–Crippen LogP) is 1.61. The van der Waals surface area contributed by atoms with Crippen LogP contribution in [0.5, 0.6) is 0 Å². The molecule has 2 atom stereocenters. The molecule has 0 radical (unpaired) electrons. The second-order valence-corrected chi connectivity index (χ2v) is 5.54. The highest BCUT2D eigenvalue weighted by molar-refractivity contribution is 5.82. The van der Waals surface area contributed by atoms with Crippen LogP contribution < -0.4 is 10.6 Å². The summed E-state index contributed by atoms with van der Waals surface area (Å²) in [4.78, 5) is 14.3. The van der Waals surface area contributed by atoms with Crippen molar-refractivity contribution in [2.75, 3.05) is 26.2 Å². The van der Waals surface area contributed by atoms with Crippen LogP contribution in [0.1, 0.15) is 31.0 Å². The van der Waals surface area contributed by atoms with Gasteiger partial charge >= 0.3 is 0 Å². The molecule has 2 N–H and O–H groups in total. The summed E-state index contributed by atoms with van der Waals surface area (Å²) >= 11 is 0. The monoisotopic (exact) mass is 293 g/mol. The van der Waals surface area contributed by atoms with E-state index in [2.05, 4.69) is 15.5 Å². The highest BCUT2D eigenvalue weighted by Crippen LogP contribution is 2.25. The van der Waals surface area contributed by atoms with Crippen molar-refractivity contribution in [3.8, 4) is 0 Å². The molecular formula is C16H24FN3O. The molecule has 1 aromatic rings. The van der Waals surface area contributed by atoms with Crippen LogP contribution in [-0.4, -0.2) is 43.0 Å². The van der Waals surface area contributed by atoms with E-state index in [0.29, 0.717) is 18.7 Å². The predicted molar refractivity (Wildman–Crippen MR) is 81.6 cm³/mol. The van der Waals surface area contributed by atoms with Crippen molar-refractivity contribution in [3.63, 3.8) is 0 Å². The maximum atomic E-state index is 13.8. The number of amides is 1. The molecule has 2 rings (SSSR count). The zero-order chi connectivity index (χ0) is 15.4. The Morgan fingerprint density at radius 1 is 1.57 bits per heavy atom. The lowest BCUT2D eigenvalue weighted by Gasteiger charge is -2.39. The Balaban J connectivity index is 2.19. The fourth-order valence-corrected chi connectivity index (χ4v) is 2.78. The van der Waals surface area contributed by atoms with Gasteiger partial charge in [-0.25, -0.2) is 4.39 Å². The third-order valence-electron chi connectivity index (χ3n) is 4.11. The van der Waals surface area contributed by atoms with Crippen molar-refractivity contribution in [2.24, 2.45) is 0 Å². The second-order valence-electron chi connectivity index (χ2n) is 5.54. The largest absolute Gasteiger partial charge is 0.355 e. The van der Waals surface area contributed by atoms with Crippen molar-refractivity contribution in [1.82, 2.24) is 15.5 Å². The maximum Gasteiger partial charge on any atom is 0.238 e. The van der Waals surface area contributed by atoms with Crippen LogP contribution in [0, 0.1) is 12.7 Å². The first-order chi connectivity index (χ1) is 10.0. The normalized spacial score (nSPS) is 21.0. The van der Waals surface area contributed by atoms with Gasteiger partial charge in [-0.15, -0.1) is 0 Å². The first kappa shape index (κ1) is 15.9. The molecule has 21 heavy (non-hydrogen) atoms. The van der Waals surface area contributed by atoms with Gasteiger partial charge in [-0.2, -0.15) is 0 Å². The summed E-state index contributed by atoms with van der Waals surface area (Å²) in [6.45, 7) is 8.57. The Morgan fingerprint density at radius 3 is 3.00 bits per heavy atom. The Morgan fingerprint density at radius 2 is 2.33 bits per heavy atom. The van der Waals surface area contributed by atoms with Crippen LogP contribution in [0.15, 0.2) is 18.2 Å². The molecule has 0 bridgehead atoms. The lowest BCUT2D eigenvalue weighted by atomic mass is 10.0. The zero-order valence-corrected chi connectivity index (χ0v) is 12.9. The number of nitrogens with one attached hydrogen (secondary N) is 2. The highest BCUT2D eigenvalue weighted by atomic mass is 19.1. The number of aryl methyl sites for hydroxylation is 1. The van der Waals surface area contributed by atoms with Crippen LogP contribution in [-0.2, 0) is 4.79 Å². The molecule has 4 nitrogen and oxygen atoms in total. The fourth-order valence-electron chi connectivity index (χ4n) is 2.78. The summed E-state index contributed by atoms with van der Waals surface area (Å²) in [5.41, 5.74) is 1.56. The molecule has 5 heteroatoms. The minimum absolute atomic E-state index is 0.00908. The van der Waals surface area contributed by atoms with Crippen molar-refractivity contribution in [3.05, 3.63) is 35.1 Å². The Bertz CT molecular complexity index is 506. The SMILES string of the molecule is CCNC(=O)C1CNCCN1C(C)c1ccc(C)c(F)c1. The number of halogens is 1. The number of carbonyl (C=O) groups is 1. The molecular weight excluding hydrogens is 269 g/mol. The van der Waals surface area contributed by atoms with E-state index in [4.69, 9.17) is 0 Å².